The number of guanidine groups is 1. The van der Waals surface area contributed by atoms with E-state index >= 15 is 0 Å². The lowest BCUT2D eigenvalue weighted by Crippen LogP contribution is -2.42. The standard InChI is InChI=1S/C20H34N4OS.HI/c1-3-21-20(22-11-7-8-16-26-2)23-17-19(18-9-5-4-6-10-18)24-12-14-25-15-13-24;/h4-6,9-10,19H,3,7-8,11-17H2,1-2H3,(H2,21,22,23);1H. The van der Waals surface area contributed by atoms with E-state index in [1.165, 1.54) is 24.2 Å². The number of nitrogens with zero attached hydrogens (tertiary/aromatic N) is 2. The first-order valence-electron chi connectivity index (χ1n) is 9.73. The zero-order chi connectivity index (χ0) is 18.5. The van der Waals surface area contributed by atoms with E-state index in [2.05, 4.69) is 59.0 Å². The molecule has 27 heavy (non-hydrogen) atoms. The van der Waals surface area contributed by atoms with E-state index in [1.54, 1.807) is 0 Å². The molecule has 1 saturated heterocycles. The van der Waals surface area contributed by atoms with E-state index in [1.807, 2.05) is 11.8 Å². The zero-order valence-electron chi connectivity index (χ0n) is 16.7. The van der Waals surface area contributed by atoms with Gasteiger partial charge in [0, 0.05) is 26.2 Å². The van der Waals surface area contributed by atoms with Gasteiger partial charge in [0.1, 0.15) is 0 Å². The first-order valence-corrected chi connectivity index (χ1v) is 11.1. The molecular formula is C20H35IN4OS. The van der Waals surface area contributed by atoms with Crippen LogP contribution in [0.1, 0.15) is 31.4 Å². The summed E-state index contributed by atoms with van der Waals surface area (Å²) in [7, 11) is 0. The van der Waals surface area contributed by atoms with Crippen molar-refractivity contribution in [1.29, 1.82) is 0 Å². The van der Waals surface area contributed by atoms with Crippen LogP contribution in [0, 0.1) is 0 Å². The summed E-state index contributed by atoms with van der Waals surface area (Å²) in [5.41, 5.74) is 1.33. The van der Waals surface area contributed by atoms with Crippen LogP contribution in [0.3, 0.4) is 0 Å². The van der Waals surface area contributed by atoms with Crippen molar-refractivity contribution in [1.82, 2.24) is 15.5 Å². The van der Waals surface area contributed by atoms with Crippen molar-refractivity contribution in [3.8, 4) is 0 Å². The van der Waals surface area contributed by atoms with Crippen LogP contribution in [0.4, 0.5) is 0 Å². The fourth-order valence-electron chi connectivity index (χ4n) is 3.09. The zero-order valence-corrected chi connectivity index (χ0v) is 19.8. The van der Waals surface area contributed by atoms with E-state index in [0.717, 1.165) is 51.9 Å². The number of halogens is 1. The lowest BCUT2D eigenvalue weighted by molar-refractivity contribution is 0.0179. The topological polar surface area (TPSA) is 48.9 Å². The Labute approximate surface area is 186 Å². The Morgan fingerprint density at radius 2 is 1.93 bits per heavy atom. The van der Waals surface area contributed by atoms with Crippen molar-refractivity contribution in [2.24, 2.45) is 4.99 Å². The third-order valence-corrected chi connectivity index (χ3v) is 5.20. The first kappa shape index (κ1) is 24.5. The molecule has 5 nitrogen and oxygen atoms in total. The Balaban J connectivity index is 0.00000364. The van der Waals surface area contributed by atoms with Crippen molar-refractivity contribution in [2.45, 2.75) is 25.8 Å². The molecule has 1 aromatic carbocycles. The molecule has 1 aliphatic heterocycles. The quantitative estimate of drug-likeness (QED) is 0.221. The molecule has 0 aromatic heterocycles. The van der Waals surface area contributed by atoms with Crippen LogP contribution in [0.2, 0.25) is 0 Å². The number of aliphatic imine (C=N–C) groups is 1. The van der Waals surface area contributed by atoms with E-state index in [9.17, 15) is 0 Å². The Morgan fingerprint density at radius 3 is 2.59 bits per heavy atom. The van der Waals surface area contributed by atoms with Gasteiger partial charge < -0.3 is 15.4 Å². The molecule has 0 spiro atoms. The molecule has 1 atom stereocenters. The van der Waals surface area contributed by atoms with Gasteiger partial charge in [-0.25, -0.2) is 0 Å². The van der Waals surface area contributed by atoms with Gasteiger partial charge in [0.2, 0.25) is 0 Å². The molecule has 0 saturated carbocycles. The molecule has 0 radical (unpaired) electrons. The van der Waals surface area contributed by atoms with Crippen LogP contribution < -0.4 is 10.6 Å². The lowest BCUT2D eigenvalue weighted by Gasteiger charge is -2.34. The second kappa shape index (κ2) is 15.4. The predicted molar refractivity (Wildman–Crippen MR) is 129 cm³/mol. The Hall–Kier alpha value is -0.510. The molecule has 1 fully saturated rings. The van der Waals surface area contributed by atoms with Gasteiger partial charge in [-0.05, 0) is 37.3 Å². The van der Waals surface area contributed by atoms with Crippen LogP contribution in [-0.2, 0) is 4.74 Å². The minimum atomic E-state index is 0. The number of rotatable bonds is 10. The van der Waals surface area contributed by atoms with Gasteiger partial charge >= 0.3 is 0 Å². The maximum Gasteiger partial charge on any atom is 0.191 e. The predicted octanol–water partition coefficient (Wildman–Crippen LogP) is 3.38. The van der Waals surface area contributed by atoms with E-state index in [4.69, 9.17) is 9.73 Å². The molecule has 0 amide bonds. The summed E-state index contributed by atoms with van der Waals surface area (Å²) in [6.45, 7) is 8.26. The Kier molecular flexibility index (Phi) is 14.0. The van der Waals surface area contributed by atoms with Gasteiger partial charge in [0.05, 0.1) is 25.8 Å². The molecule has 0 bridgehead atoms. The van der Waals surface area contributed by atoms with Crippen molar-refractivity contribution in [2.75, 3.05) is 57.9 Å². The monoisotopic (exact) mass is 506 g/mol. The summed E-state index contributed by atoms with van der Waals surface area (Å²) in [6, 6.07) is 11.0. The molecule has 0 aliphatic carbocycles. The summed E-state index contributed by atoms with van der Waals surface area (Å²) in [4.78, 5) is 7.38. The van der Waals surface area contributed by atoms with Crippen molar-refractivity contribution in [3.63, 3.8) is 0 Å². The third-order valence-electron chi connectivity index (χ3n) is 4.51. The number of nitrogens with one attached hydrogen (secondary N) is 2. The van der Waals surface area contributed by atoms with Crippen molar-refractivity contribution in [3.05, 3.63) is 35.9 Å². The number of morpholine rings is 1. The highest BCUT2D eigenvalue weighted by molar-refractivity contribution is 14.0. The van der Waals surface area contributed by atoms with Gasteiger partial charge in [0.25, 0.3) is 0 Å². The minimum Gasteiger partial charge on any atom is -0.379 e. The summed E-state index contributed by atoms with van der Waals surface area (Å²) < 4.78 is 5.53. The number of ether oxygens (including phenoxy) is 1. The molecule has 1 unspecified atom stereocenters. The van der Waals surface area contributed by atoms with Crippen LogP contribution in [0.5, 0.6) is 0 Å². The molecule has 154 valence electrons. The van der Waals surface area contributed by atoms with Gasteiger partial charge in [-0.2, -0.15) is 11.8 Å². The van der Waals surface area contributed by atoms with Gasteiger partial charge in [0.15, 0.2) is 5.96 Å². The second-order valence-corrected chi connectivity index (χ2v) is 7.41. The number of thioether (sulfide) groups is 1. The van der Waals surface area contributed by atoms with Gasteiger partial charge in [-0.15, -0.1) is 24.0 Å². The molecule has 1 aliphatic rings. The normalized spacial score (nSPS) is 16.4. The van der Waals surface area contributed by atoms with E-state index in [0.29, 0.717) is 6.04 Å². The van der Waals surface area contributed by atoms with Crippen LogP contribution in [0.25, 0.3) is 0 Å². The van der Waals surface area contributed by atoms with Crippen molar-refractivity contribution >= 4 is 41.7 Å². The number of hydrogen-bond acceptors (Lipinski definition) is 4. The SMILES string of the molecule is CCNC(=NCC(c1ccccc1)N1CCOCC1)NCCCCSC.I. The van der Waals surface area contributed by atoms with Crippen LogP contribution >= 0.6 is 35.7 Å². The number of benzene rings is 1. The average molecular weight is 506 g/mol. The largest absolute Gasteiger partial charge is 0.379 e. The molecule has 1 aromatic rings. The summed E-state index contributed by atoms with van der Waals surface area (Å²) in [6.07, 6.45) is 4.58. The maximum atomic E-state index is 5.53. The Bertz CT molecular complexity index is 512. The average Bonchev–Trinajstić information content (AvgIpc) is 2.69. The highest BCUT2D eigenvalue weighted by Crippen LogP contribution is 2.22. The summed E-state index contributed by atoms with van der Waals surface area (Å²) >= 11 is 1.91. The summed E-state index contributed by atoms with van der Waals surface area (Å²) in [5, 5.41) is 6.85. The maximum absolute atomic E-state index is 5.53. The highest BCUT2D eigenvalue weighted by Gasteiger charge is 2.22. The third kappa shape index (κ3) is 9.49. The molecule has 7 heteroatoms. The van der Waals surface area contributed by atoms with Crippen LogP contribution in [0.15, 0.2) is 35.3 Å². The smallest absolute Gasteiger partial charge is 0.191 e. The Morgan fingerprint density at radius 1 is 1.19 bits per heavy atom. The van der Waals surface area contributed by atoms with E-state index in [-0.39, 0.29) is 24.0 Å². The fourth-order valence-corrected chi connectivity index (χ4v) is 3.59. The molecule has 1 heterocycles. The number of unbranched alkanes of at least 4 members (excludes halogenated alkanes) is 1. The minimum absolute atomic E-state index is 0. The highest BCUT2D eigenvalue weighted by atomic mass is 127. The molecule has 2 rings (SSSR count). The van der Waals surface area contributed by atoms with Crippen LogP contribution in [-0.4, -0.2) is 68.8 Å². The fraction of sp³-hybridized carbons (Fsp3) is 0.650. The molecule has 2 N–H and O–H groups in total. The number of hydrogen-bond donors (Lipinski definition) is 2. The second-order valence-electron chi connectivity index (χ2n) is 6.42. The lowest BCUT2D eigenvalue weighted by atomic mass is 10.1. The molecular weight excluding hydrogens is 471 g/mol. The van der Waals surface area contributed by atoms with Gasteiger partial charge in [-0.3, -0.25) is 9.89 Å². The first-order chi connectivity index (χ1) is 12.8. The van der Waals surface area contributed by atoms with E-state index < -0.39 is 0 Å². The van der Waals surface area contributed by atoms with Gasteiger partial charge in [-0.1, -0.05) is 30.3 Å². The summed E-state index contributed by atoms with van der Waals surface area (Å²) in [5.74, 6) is 2.15. The van der Waals surface area contributed by atoms with Crippen molar-refractivity contribution < 1.29 is 4.74 Å².